The highest BCUT2D eigenvalue weighted by atomic mass is 19.1. The van der Waals surface area contributed by atoms with E-state index in [1.54, 1.807) is 4.90 Å². The number of hydrogen-bond donors (Lipinski definition) is 0. The lowest BCUT2D eigenvalue weighted by molar-refractivity contribution is 0.148. The normalized spacial score (nSPS) is 17.2. The van der Waals surface area contributed by atoms with Crippen LogP contribution in [-0.2, 0) is 0 Å². The number of rotatable bonds is 3. The van der Waals surface area contributed by atoms with Gasteiger partial charge in [-0.3, -0.25) is 0 Å². The van der Waals surface area contributed by atoms with Gasteiger partial charge in [-0.15, -0.1) is 0 Å². The molecule has 0 radical (unpaired) electrons. The van der Waals surface area contributed by atoms with Gasteiger partial charge in [0.2, 0.25) is 5.71 Å². The van der Waals surface area contributed by atoms with Crippen LogP contribution < -0.4 is 9.64 Å². The predicted molar refractivity (Wildman–Crippen MR) is 100.0 cm³/mol. The first-order valence-corrected chi connectivity index (χ1v) is 9.39. The summed E-state index contributed by atoms with van der Waals surface area (Å²) >= 11 is 0. The zero-order valence-electron chi connectivity index (χ0n) is 15.2. The van der Waals surface area contributed by atoms with Crippen LogP contribution in [0.25, 0.3) is 11.2 Å². The molecule has 7 nitrogen and oxygen atoms in total. The molecule has 1 aromatic carbocycles. The third-order valence-corrected chi connectivity index (χ3v) is 5.15. The number of ether oxygens (including phenoxy) is 1. The molecule has 0 atom stereocenters. The lowest BCUT2D eigenvalue weighted by Gasteiger charge is -2.32. The van der Waals surface area contributed by atoms with E-state index < -0.39 is 5.82 Å². The van der Waals surface area contributed by atoms with E-state index in [-0.39, 0.29) is 6.09 Å². The van der Waals surface area contributed by atoms with Crippen molar-refractivity contribution in [2.45, 2.75) is 18.8 Å². The van der Waals surface area contributed by atoms with Crippen LogP contribution in [0.4, 0.5) is 15.2 Å². The van der Waals surface area contributed by atoms with Crippen LogP contribution in [0.15, 0.2) is 40.9 Å². The van der Waals surface area contributed by atoms with Crippen LogP contribution in [0, 0.1) is 5.82 Å². The number of halogens is 1. The second kappa shape index (κ2) is 6.78. The second-order valence-corrected chi connectivity index (χ2v) is 7.16. The Morgan fingerprint density at radius 2 is 1.89 bits per heavy atom. The molecule has 2 fully saturated rings. The van der Waals surface area contributed by atoms with Gasteiger partial charge in [-0.1, -0.05) is 12.1 Å². The average Bonchev–Trinajstić information content (AvgIpc) is 3.48. The summed E-state index contributed by atoms with van der Waals surface area (Å²) in [5, 5.41) is 0. The van der Waals surface area contributed by atoms with Crippen molar-refractivity contribution in [2.24, 2.45) is 0 Å². The first-order chi connectivity index (χ1) is 13.7. The van der Waals surface area contributed by atoms with Crippen LogP contribution >= 0.6 is 0 Å². The summed E-state index contributed by atoms with van der Waals surface area (Å²) in [5.74, 6) is 0.783. The van der Waals surface area contributed by atoms with Crippen LogP contribution in [0.5, 0.6) is 5.75 Å². The summed E-state index contributed by atoms with van der Waals surface area (Å²) in [4.78, 5) is 24.2. The molecule has 144 valence electrons. The molecular weight excluding hydrogens is 363 g/mol. The minimum absolute atomic E-state index is 0.299. The number of amides is 1. The molecule has 3 aromatic rings. The molecule has 0 bridgehead atoms. The van der Waals surface area contributed by atoms with Gasteiger partial charge in [-0.2, -0.15) is 4.98 Å². The zero-order chi connectivity index (χ0) is 19.1. The molecule has 0 N–H and O–H groups in total. The Kier molecular flexibility index (Phi) is 4.11. The maximum absolute atomic E-state index is 13.3. The summed E-state index contributed by atoms with van der Waals surface area (Å²) in [5.41, 5.74) is 1.99. The van der Waals surface area contributed by atoms with E-state index in [4.69, 9.17) is 9.15 Å². The van der Waals surface area contributed by atoms with Gasteiger partial charge in [-0.25, -0.2) is 14.2 Å². The van der Waals surface area contributed by atoms with Crippen molar-refractivity contribution in [1.29, 1.82) is 0 Å². The Labute approximate surface area is 160 Å². The van der Waals surface area contributed by atoms with Gasteiger partial charge in [-0.05, 0) is 36.5 Å². The molecule has 1 aliphatic heterocycles. The Morgan fingerprint density at radius 3 is 2.61 bits per heavy atom. The fraction of sp³-hybridized carbons (Fsp3) is 0.350. The van der Waals surface area contributed by atoms with Gasteiger partial charge in [0.15, 0.2) is 0 Å². The first kappa shape index (κ1) is 17.0. The third kappa shape index (κ3) is 3.37. The molecule has 2 aliphatic rings. The lowest BCUT2D eigenvalue weighted by atomic mass is 10.1. The van der Waals surface area contributed by atoms with Crippen LogP contribution in [0.1, 0.15) is 24.3 Å². The molecule has 1 saturated heterocycles. The van der Waals surface area contributed by atoms with Gasteiger partial charge in [0, 0.05) is 32.2 Å². The number of carbonyl (C=O) groups excluding carboxylic acids is 1. The van der Waals surface area contributed by atoms with Gasteiger partial charge < -0.3 is 19.0 Å². The molecule has 28 heavy (non-hydrogen) atoms. The van der Waals surface area contributed by atoms with Crippen molar-refractivity contribution in [3.63, 3.8) is 0 Å². The van der Waals surface area contributed by atoms with Crippen LogP contribution in [0.2, 0.25) is 0 Å². The number of hydrogen-bond acceptors (Lipinski definition) is 6. The first-order valence-electron chi connectivity index (χ1n) is 9.39. The van der Waals surface area contributed by atoms with Crippen LogP contribution in [-0.4, -0.2) is 47.1 Å². The largest absolute Gasteiger partial charge is 0.415 e. The maximum Gasteiger partial charge on any atom is 0.415 e. The fourth-order valence-electron chi connectivity index (χ4n) is 3.39. The number of piperazine rings is 1. The highest BCUT2D eigenvalue weighted by molar-refractivity contribution is 5.72. The van der Waals surface area contributed by atoms with E-state index in [1.807, 2.05) is 29.2 Å². The van der Waals surface area contributed by atoms with Crippen molar-refractivity contribution < 1.29 is 18.3 Å². The highest BCUT2D eigenvalue weighted by Gasteiger charge is 2.26. The topological polar surface area (TPSA) is 71.7 Å². The summed E-state index contributed by atoms with van der Waals surface area (Å²) in [6.07, 6.45) is 3.23. The smallest absolute Gasteiger partial charge is 0.410 e. The fourth-order valence-corrected chi connectivity index (χ4v) is 3.39. The Bertz CT molecular complexity index is 1010. The monoisotopic (exact) mass is 382 g/mol. The number of nitrogens with zero attached hydrogens (tertiary/aromatic N) is 4. The Hall–Kier alpha value is -3.16. The zero-order valence-corrected chi connectivity index (χ0v) is 15.2. The molecule has 0 unspecified atom stereocenters. The van der Waals surface area contributed by atoms with Gasteiger partial charge in [0.05, 0.1) is 6.20 Å². The lowest BCUT2D eigenvalue weighted by Crippen LogP contribution is -2.49. The molecule has 8 heteroatoms. The summed E-state index contributed by atoms with van der Waals surface area (Å²) < 4.78 is 24.3. The average molecular weight is 382 g/mol. The Morgan fingerprint density at radius 1 is 1.14 bits per heavy atom. The number of benzene rings is 1. The molecular formula is C20H19FN4O3. The van der Waals surface area contributed by atoms with Crippen molar-refractivity contribution in [1.82, 2.24) is 14.9 Å². The van der Waals surface area contributed by atoms with Crippen molar-refractivity contribution >= 4 is 23.3 Å². The number of pyridine rings is 1. The number of anilines is 1. The number of fused-ring (bicyclic) bond motifs is 1. The molecule has 5 rings (SSSR count). The molecule has 1 aliphatic carbocycles. The van der Waals surface area contributed by atoms with Gasteiger partial charge in [0.25, 0.3) is 6.01 Å². The number of carbonyl (C=O) groups is 1. The van der Waals surface area contributed by atoms with Gasteiger partial charge in [0.1, 0.15) is 17.1 Å². The molecule has 2 aromatic heterocycles. The SMILES string of the molecule is O=C(Oc1ccc(C2CC2)cc1)N1CCN(c2nc3cc(F)cnc3o2)CC1. The second-order valence-electron chi connectivity index (χ2n) is 7.16. The van der Waals surface area contributed by atoms with E-state index in [0.29, 0.717) is 55.1 Å². The molecule has 1 saturated carbocycles. The number of aromatic nitrogens is 2. The maximum atomic E-state index is 13.3. The molecule has 0 spiro atoms. The van der Waals surface area contributed by atoms with Crippen molar-refractivity contribution in [3.05, 3.63) is 47.9 Å². The van der Waals surface area contributed by atoms with Crippen molar-refractivity contribution in [3.8, 4) is 5.75 Å². The third-order valence-electron chi connectivity index (χ3n) is 5.15. The van der Waals surface area contributed by atoms with E-state index >= 15 is 0 Å². The standard InChI is InChI=1S/C20H19FN4O3/c21-15-11-17-18(22-12-15)28-19(23-17)24-7-9-25(10-8-24)20(26)27-16-5-3-14(4-6-16)13-1-2-13/h3-6,11-13H,1-2,7-10H2. The minimum atomic E-state index is -0.454. The summed E-state index contributed by atoms with van der Waals surface area (Å²) in [7, 11) is 0. The minimum Gasteiger partial charge on any atom is -0.410 e. The van der Waals surface area contributed by atoms with E-state index in [0.717, 1.165) is 6.20 Å². The summed E-state index contributed by atoms with van der Waals surface area (Å²) in [6.45, 7) is 2.06. The number of oxazole rings is 1. The molecule has 1 amide bonds. The van der Waals surface area contributed by atoms with E-state index in [9.17, 15) is 9.18 Å². The Balaban J connectivity index is 1.19. The predicted octanol–water partition coefficient (Wildman–Crippen LogP) is 3.56. The van der Waals surface area contributed by atoms with Gasteiger partial charge >= 0.3 is 6.09 Å². The quantitative estimate of drug-likeness (QED) is 0.690. The summed E-state index contributed by atoms with van der Waals surface area (Å²) in [6, 6.07) is 9.44. The van der Waals surface area contributed by atoms with E-state index in [1.165, 1.54) is 24.5 Å². The molecule has 3 heterocycles. The highest BCUT2D eigenvalue weighted by Crippen LogP contribution is 2.40. The van der Waals surface area contributed by atoms with E-state index in [2.05, 4.69) is 9.97 Å². The van der Waals surface area contributed by atoms with Crippen LogP contribution in [0.3, 0.4) is 0 Å². The van der Waals surface area contributed by atoms with Crippen molar-refractivity contribution in [2.75, 3.05) is 31.1 Å².